The first-order chi connectivity index (χ1) is 8.22. The first kappa shape index (κ1) is 20.6. The molecule has 0 saturated carbocycles. The van der Waals surface area contributed by atoms with E-state index in [0.29, 0.717) is 0 Å². The molecule has 17 heavy (non-hydrogen) atoms. The van der Waals surface area contributed by atoms with Crippen LogP contribution in [0.4, 0.5) is 0 Å². The van der Waals surface area contributed by atoms with Crippen LogP contribution in [0, 0.1) is 0 Å². The molecule has 1 N–H and O–H groups in total. The van der Waals surface area contributed by atoms with Crippen molar-refractivity contribution in [2.45, 2.75) is 32.6 Å². The fraction of sp³-hybridized carbons (Fsp3) is 1.00. The van der Waals surface area contributed by atoms with Gasteiger partial charge in [0, 0.05) is 5.75 Å². The van der Waals surface area contributed by atoms with Crippen LogP contribution in [-0.4, -0.2) is 24.9 Å². The lowest BCUT2D eigenvalue weighted by molar-refractivity contribution is -0.242. The van der Waals surface area contributed by atoms with Gasteiger partial charge in [0.25, 0.3) is 0 Å². The highest BCUT2D eigenvalue weighted by Gasteiger charge is 2.04. The summed E-state index contributed by atoms with van der Waals surface area (Å²) in [7, 11) is 3.89. The average molecular weight is 324 g/mol. The molecule has 0 amide bonds. The van der Waals surface area contributed by atoms with Crippen molar-refractivity contribution in [2.24, 2.45) is 0 Å². The van der Waals surface area contributed by atoms with Crippen molar-refractivity contribution in [2.75, 3.05) is 20.0 Å². The minimum Gasteiger partial charge on any atom is -0.325 e. The van der Waals surface area contributed by atoms with Gasteiger partial charge in [-0.2, -0.15) is 9.35 Å². The van der Waals surface area contributed by atoms with E-state index >= 15 is 0 Å². The molecule has 0 aromatic heterocycles. The first-order valence-electron chi connectivity index (χ1n) is 5.06. The zero-order chi connectivity index (χ0) is 13.4. The molecule has 0 aliphatic heterocycles. The average Bonchev–Trinajstić information content (AvgIpc) is 2.31. The Hall–Kier alpha value is 1.28. The summed E-state index contributed by atoms with van der Waals surface area (Å²) in [5, 5.41) is 0. The van der Waals surface area contributed by atoms with Crippen LogP contribution in [0.25, 0.3) is 0 Å². The van der Waals surface area contributed by atoms with Crippen molar-refractivity contribution >= 4 is 40.9 Å². The van der Waals surface area contributed by atoms with Crippen LogP contribution in [0.15, 0.2) is 0 Å². The molecule has 0 fully saturated rings. The third-order valence-electron chi connectivity index (χ3n) is 1.41. The largest absolute Gasteiger partial charge is 0.389 e. The van der Waals surface area contributed by atoms with E-state index in [1.807, 2.05) is 10.8 Å². The monoisotopic (exact) mass is 324 g/mol. The summed E-state index contributed by atoms with van der Waals surface area (Å²) in [5.41, 5.74) is 0. The van der Waals surface area contributed by atoms with Crippen LogP contribution in [-0.2, 0) is 19.1 Å². The van der Waals surface area contributed by atoms with E-state index in [9.17, 15) is 0 Å². The SMILES string of the molecule is CCCCCCSSS.COOP(O)OOC. The van der Waals surface area contributed by atoms with E-state index in [4.69, 9.17) is 4.89 Å². The van der Waals surface area contributed by atoms with Crippen molar-refractivity contribution in [3.05, 3.63) is 0 Å². The minimum atomic E-state index is -2.03. The van der Waals surface area contributed by atoms with Gasteiger partial charge in [-0.05, 0) is 16.2 Å². The highest BCUT2D eigenvalue weighted by Crippen LogP contribution is 2.31. The second kappa shape index (κ2) is 19.6. The van der Waals surface area contributed by atoms with E-state index in [1.165, 1.54) is 45.7 Å². The molecule has 0 aliphatic carbocycles. The van der Waals surface area contributed by atoms with E-state index in [2.05, 4.69) is 37.7 Å². The van der Waals surface area contributed by atoms with Gasteiger partial charge in [-0.15, -0.1) is 0 Å². The predicted octanol–water partition coefficient (Wildman–Crippen LogP) is 4.15. The molecule has 0 spiro atoms. The Morgan fingerprint density at radius 1 is 1.12 bits per heavy atom. The molecule has 9 heteroatoms. The molecule has 0 radical (unpaired) electrons. The predicted molar refractivity (Wildman–Crippen MR) is 78.5 cm³/mol. The van der Waals surface area contributed by atoms with Gasteiger partial charge in [-0.25, -0.2) is 9.78 Å². The van der Waals surface area contributed by atoms with Gasteiger partial charge in [0.2, 0.25) is 0 Å². The van der Waals surface area contributed by atoms with E-state index < -0.39 is 8.60 Å². The lowest BCUT2D eigenvalue weighted by atomic mass is 10.2. The van der Waals surface area contributed by atoms with E-state index in [0.717, 1.165) is 0 Å². The normalized spacial score (nSPS) is 10.2. The standard InChI is InChI=1S/C6H14S3.C2H7O5P/c1-2-3-4-5-6-8-9-7;1-4-6-8(3)7-5-2/h7H,2-6H2,1H3;3H,1-2H3. The quantitative estimate of drug-likeness (QED) is 0.156. The Bertz CT molecular complexity index is 124. The number of hydrogen-bond donors (Lipinski definition) is 2. The number of unbranched alkanes of at least 4 members (excludes halogenated alkanes) is 3. The summed E-state index contributed by atoms with van der Waals surface area (Å²) in [6.45, 7) is 2.24. The molecule has 0 heterocycles. The van der Waals surface area contributed by atoms with Crippen LogP contribution in [0.2, 0.25) is 0 Å². The van der Waals surface area contributed by atoms with Crippen molar-refractivity contribution in [3.63, 3.8) is 0 Å². The Balaban J connectivity index is 0. The summed E-state index contributed by atoms with van der Waals surface area (Å²) < 4.78 is 8.11. The van der Waals surface area contributed by atoms with E-state index in [-0.39, 0.29) is 0 Å². The highest BCUT2D eigenvalue weighted by molar-refractivity contribution is 9.05. The molecule has 0 unspecified atom stereocenters. The minimum absolute atomic E-state index is 1.25. The Kier molecular flexibility index (Phi) is 23.8. The van der Waals surface area contributed by atoms with Crippen molar-refractivity contribution < 1.29 is 24.0 Å². The van der Waals surface area contributed by atoms with Gasteiger partial charge < -0.3 is 4.89 Å². The molecular formula is C8H21O5PS3. The molecule has 0 bridgehead atoms. The Labute approximate surface area is 117 Å². The number of hydrogen-bond acceptors (Lipinski definition) is 8. The maximum absolute atomic E-state index is 8.42. The fourth-order valence-electron chi connectivity index (χ4n) is 0.765. The maximum Gasteiger partial charge on any atom is 0.389 e. The topological polar surface area (TPSA) is 57.2 Å². The Morgan fingerprint density at radius 3 is 2.12 bits per heavy atom. The zero-order valence-electron chi connectivity index (χ0n) is 10.3. The van der Waals surface area contributed by atoms with Gasteiger partial charge in [0.1, 0.15) is 0 Å². The summed E-state index contributed by atoms with van der Waals surface area (Å²) in [5.74, 6) is 1.26. The van der Waals surface area contributed by atoms with Crippen LogP contribution in [0.1, 0.15) is 32.6 Å². The molecule has 0 atom stereocenters. The number of thiol groups is 1. The van der Waals surface area contributed by atoms with Crippen LogP contribution in [0.5, 0.6) is 0 Å². The van der Waals surface area contributed by atoms with Crippen molar-refractivity contribution in [1.82, 2.24) is 0 Å². The van der Waals surface area contributed by atoms with Crippen LogP contribution in [0.3, 0.4) is 0 Å². The van der Waals surface area contributed by atoms with Crippen molar-refractivity contribution in [1.29, 1.82) is 0 Å². The van der Waals surface area contributed by atoms with E-state index in [1.54, 1.807) is 9.83 Å². The van der Waals surface area contributed by atoms with Crippen molar-refractivity contribution in [3.8, 4) is 0 Å². The third kappa shape index (κ3) is 22.9. The summed E-state index contributed by atoms with van der Waals surface area (Å²) >= 11 is 4.03. The van der Waals surface area contributed by atoms with Gasteiger partial charge in [-0.1, -0.05) is 48.6 Å². The molecule has 0 aromatic rings. The van der Waals surface area contributed by atoms with Gasteiger partial charge >= 0.3 is 8.60 Å². The highest BCUT2D eigenvalue weighted by atomic mass is 33.5. The Morgan fingerprint density at radius 2 is 1.71 bits per heavy atom. The molecule has 0 aliphatic rings. The molecule has 106 valence electrons. The molecule has 0 aromatic carbocycles. The second-order valence-corrected chi connectivity index (χ2v) is 6.74. The lowest BCUT2D eigenvalue weighted by Gasteiger charge is -2.02. The molecule has 0 saturated heterocycles. The second-order valence-electron chi connectivity index (χ2n) is 2.68. The smallest absolute Gasteiger partial charge is 0.325 e. The molecular weight excluding hydrogens is 303 g/mol. The van der Waals surface area contributed by atoms with Crippen LogP contribution >= 0.6 is 40.9 Å². The fourth-order valence-corrected chi connectivity index (χ4v) is 2.69. The third-order valence-corrected chi connectivity index (χ3v) is 4.29. The first-order valence-corrected chi connectivity index (χ1v) is 9.56. The lowest BCUT2D eigenvalue weighted by Crippen LogP contribution is -1.86. The van der Waals surface area contributed by atoms with Gasteiger partial charge in [-0.3, -0.25) is 0 Å². The van der Waals surface area contributed by atoms with Gasteiger partial charge in [0.15, 0.2) is 0 Å². The maximum atomic E-state index is 8.42. The summed E-state index contributed by atoms with van der Waals surface area (Å²) in [4.78, 5) is 16.5. The summed E-state index contributed by atoms with van der Waals surface area (Å²) in [6, 6.07) is 0. The van der Waals surface area contributed by atoms with Gasteiger partial charge in [0.05, 0.1) is 14.2 Å². The number of rotatable bonds is 10. The van der Waals surface area contributed by atoms with Crippen LogP contribution < -0.4 is 0 Å². The molecule has 0 rings (SSSR count). The zero-order valence-corrected chi connectivity index (χ0v) is 13.7. The summed E-state index contributed by atoms with van der Waals surface area (Å²) in [6.07, 6.45) is 5.46. The molecule has 5 nitrogen and oxygen atoms in total.